The fourth-order valence-corrected chi connectivity index (χ4v) is 2.67. The zero-order chi connectivity index (χ0) is 19.0. The normalized spacial score (nSPS) is 10.8. The lowest BCUT2D eigenvalue weighted by Crippen LogP contribution is -2.04. The maximum atomic E-state index is 12.6. The van der Waals surface area contributed by atoms with Crippen molar-refractivity contribution in [2.45, 2.75) is 20.3 Å². The highest BCUT2D eigenvalue weighted by atomic mass is 16.4. The Labute approximate surface area is 148 Å². The Hall–Kier alpha value is -3.41. The number of allylic oxidation sites excluding steroid dienone is 2. The number of hydrogen-bond acceptors (Lipinski definition) is 6. The summed E-state index contributed by atoms with van der Waals surface area (Å²) in [6.07, 6.45) is 2.26. The van der Waals surface area contributed by atoms with Crippen LogP contribution in [0.5, 0.6) is 23.0 Å². The molecule has 0 amide bonds. The van der Waals surface area contributed by atoms with Crippen LogP contribution in [0.2, 0.25) is 0 Å². The maximum absolute atomic E-state index is 12.6. The van der Waals surface area contributed by atoms with Crippen LogP contribution >= 0.6 is 0 Å². The number of aromatic hydroxyl groups is 4. The lowest BCUT2D eigenvalue weighted by molar-refractivity contribution is 0.404. The number of hydrogen-bond donors (Lipinski definition) is 4. The molecule has 0 unspecified atom stereocenters. The highest BCUT2D eigenvalue weighted by molar-refractivity contribution is 5.91. The van der Waals surface area contributed by atoms with E-state index in [-0.39, 0.29) is 22.5 Å². The molecule has 0 saturated carbocycles. The Bertz CT molecular complexity index is 1070. The number of benzene rings is 2. The van der Waals surface area contributed by atoms with Crippen LogP contribution in [0.15, 0.2) is 51.2 Å². The molecule has 3 aromatic rings. The number of phenolic OH excluding ortho intramolecular Hbond substituents is 3. The van der Waals surface area contributed by atoms with Crippen molar-refractivity contribution in [3.8, 4) is 34.3 Å². The molecule has 134 valence electrons. The van der Waals surface area contributed by atoms with Crippen LogP contribution in [-0.4, -0.2) is 20.4 Å². The number of rotatable bonds is 3. The van der Waals surface area contributed by atoms with E-state index in [0.717, 1.165) is 5.57 Å². The Morgan fingerprint density at radius 3 is 2.31 bits per heavy atom. The van der Waals surface area contributed by atoms with Gasteiger partial charge in [-0.15, -0.1) is 0 Å². The van der Waals surface area contributed by atoms with Crippen LogP contribution in [0.25, 0.3) is 22.3 Å². The topological polar surface area (TPSA) is 111 Å². The third-order valence-corrected chi connectivity index (χ3v) is 4.03. The van der Waals surface area contributed by atoms with Crippen LogP contribution in [0, 0.1) is 0 Å². The maximum Gasteiger partial charge on any atom is 0.238 e. The van der Waals surface area contributed by atoms with Crippen molar-refractivity contribution in [2.75, 3.05) is 0 Å². The average Bonchev–Trinajstić information content (AvgIpc) is 2.60. The molecule has 2 aromatic carbocycles. The molecule has 4 N–H and O–H groups in total. The first-order chi connectivity index (χ1) is 12.3. The van der Waals surface area contributed by atoms with Crippen LogP contribution in [0.3, 0.4) is 0 Å². The first-order valence-corrected chi connectivity index (χ1v) is 7.96. The van der Waals surface area contributed by atoms with Gasteiger partial charge in [0.2, 0.25) is 11.2 Å². The van der Waals surface area contributed by atoms with E-state index in [0.29, 0.717) is 17.5 Å². The highest BCUT2D eigenvalue weighted by Gasteiger charge is 2.22. The SMILES string of the molecule is CC(C)=CCc1cc(O)c(O)c2c(=O)c(O)c(-c3ccc(O)cc3)oc12. The van der Waals surface area contributed by atoms with Gasteiger partial charge >= 0.3 is 0 Å². The zero-order valence-electron chi connectivity index (χ0n) is 14.3. The van der Waals surface area contributed by atoms with Crippen molar-refractivity contribution in [2.24, 2.45) is 0 Å². The summed E-state index contributed by atoms with van der Waals surface area (Å²) >= 11 is 0. The van der Waals surface area contributed by atoms with Crippen molar-refractivity contribution >= 4 is 11.0 Å². The predicted molar refractivity (Wildman–Crippen MR) is 97.7 cm³/mol. The molecule has 0 aliphatic carbocycles. The summed E-state index contributed by atoms with van der Waals surface area (Å²) in [4.78, 5) is 12.6. The van der Waals surface area contributed by atoms with Gasteiger partial charge in [0.1, 0.15) is 16.7 Å². The molecule has 0 aliphatic rings. The van der Waals surface area contributed by atoms with Crippen molar-refractivity contribution in [3.05, 3.63) is 57.8 Å². The Morgan fingerprint density at radius 1 is 1.04 bits per heavy atom. The lowest BCUT2D eigenvalue weighted by atomic mass is 10.0. The monoisotopic (exact) mass is 354 g/mol. The van der Waals surface area contributed by atoms with Crippen molar-refractivity contribution in [1.29, 1.82) is 0 Å². The van der Waals surface area contributed by atoms with Gasteiger partial charge in [-0.05, 0) is 50.6 Å². The first-order valence-electron chi connectivity index (χ1n) is 7.96. The summed E-state index contributed by atoms with van der Waals surface area (Å²) in [5.41, 5.74) is 1.16. The summed E-state index contributed by atoms with van der Waals surface area (Å²) in [6, 6.07) is 7.12. The van der Waals surface area contributed by atoms with E-state index < -0.39 is 22.7 Å². The molecule has 6 nitrogen and oxygen atoms in total. The van der Waals surface area contributed by atoms with E-state index in [1.165, 1.54) is 30.3 Å². The lowest BCUT2D eigenvalue weighted by Gasteiger charge is -2.11. The van der Waals surface area contributed by atoms with E-state index in [4.69, 9.17) is 4.42 Å². The zero-order valence-corrected chi connectivity index (χ0v) is 14.3. The van der Waals surface area contributed by atoms with Crippen molar-refractivity contribution in [1.82, 2.24) is 0 Å². The van der Waals surface area contributed by atoms with Crippen LogP contribution in [0.4, 0.5) is 0 Å². The largest absolute Gasteiger partial charge is 0.508 e. The molecule has 0 saturated heterocycles. The summed E-state index contributed by atoms with van der Waals surface area (Å²) in [7, 11) is 0. The Morgan fingerprint density at radius 2 is 1.69 bits per heavy atom. The molecule has 0 atom stereocenters. The predicted octanol–water partition coefficient (Wildman–Crippen LogP) is 3.79. The summed E-state index contributed by atoms with van der Waals surface area (Å²) in [5.74, 6) is -1.83. The minimum atomic E-state index is -0.846. The second-order valence-electron chi connectivity index (χ2n) is 6.25. The molecule has 6 heteroatoms. The molecule has 1 aromatic heterocycles. The summed E-state index contributed by atoms with van der Waals surface area (Å²) in [6.45, 7) is 3.82. The van der Waals surface area contributed by atoms with Gasteiger partial charge in [-0.1, -0.05) is 11.6 Å². The van der Waals surface area contributed by atoms with Crippen LogP contribution in [0.1, 0.15) is 19.4 Å². The van der Waals surface area contributed by atoms with E-state index in [1.807, 2.05) is 19.9 Å². The second kappa shape index (κ2) is 6.48. The Balaban J connectivity index is 2.36. The van der Waals surface area contributed by atoms with Crippen LogP contribution in [-0.2, 0) is 6.42 Å². The molecular weight excluding hydrogens is 336 g/mol. The Kier molecular flexibility index (Phi) is 4.34. The van der Waals surface area contributed by atoms with Gasteiger partial charge in [0.05, 0.1) is 0 Å². The van der Waals surface area contributed by atoms with Gasteiger partial charge in [-0.3, -0.25) is 4.79 Å². The average molecular weight is 354 g/mol. The quantitative estimate of drug-likeness (QED) is 0.421. The molecule has 0 aliphatic heterocycles. The smallest absolute Gasteiger partial charge is 0.238 e. The molecule has 0 fully saturated rings. The van der Waals surface area contributed by atoms with E-state index in [1.54, 1.807) is 0 Å². The van der Waals surface area contributed by atoms with Crippen molar-refractivity contribution < 1.29 is 24.8 Å². The van der Waals surface area contributed by atoms with E-state index in [9.17, 15) is 25.2 Å². The van der Waals surface area contributed by atoms with Crippen molar-refractivity contribution in [3.63, 3.8) is 0 Å². The van der Waals surface area contributed by atoms with Gasteiger partial charge < -0.3 is 24.8 Å². The molecule has 1 heterocycles. The number of phenols is 3. The van der Waals surface area contributed by atoms with Gasteiger partial charge in [0, 0.05) is 11.1 Å². The molecular formula is C20H18O6. The fourth-order valence-electron chi connectivity index (χ4n) is 2.67. The first kappa shape index (κ1) is 17.4. The fraction of sp³-hybridized carbons (Fsp3) is 0.150. The van der Waals surface area contributed by atoms with Gasteiger partial charge in [-0.2, -0.15) is 0 Å². The highest BCUT2D eigenvalue weighted by Crippen LogP contribution is 2.39. The molecule has 0 spiro atoms. The standard InChI is InChI=1S/C20H18O6/c1-10(2)3-4-12-9-14(22)16(23)15-17(24)18(25)20(26-19(12)15)11-5-7-13(21)8-6-11/h3,5-9,21-23,25H,4H2,1-2H3. The van der Waals surface area contributed by atoms with Gasteiger partial charge in [0.25, 0.3) is 0 Å². The minimum absolute atomic E-state index is 0.0307. The second-order valence-corrected chi connectivity index (χ2v) is 6.25. The van der Waals surface area contributed by atoms with Crippen LogP contribution < -0.4 is 5.43 Å². The van der Waals surface area contributed by atoms with E-state index >= 15 is 0 Å². The summed E-state index contributed by atoms with van der Waals surface area (Å²) in [5, 5.41) is 39.4. The van der Waals surface area contributed by atoms with E-state index in [2.05, 4.69) is 0 Å². The number of fused-ring (bicyclic) bond motifs is 1. The third-order valence-electron chi connectivity index (χ3n) is 4.03. The third kappa shape index (κ3) is 2.97. The molecule has 3 rings (SSSR count). The van der Waals surface area contributed by atoms with Gasteiger partial charge in [-0.25, -0.2) is 0 Å². The minimum Gasteiger partial charge on any atom is -0.508 e. The molecule has 26 heavy (non-hydrogen) atoms. The van der Waals surface area contributed by atoms with Gasteiger partial charge in [0.15, 0.2) is 17.3 Å². The molecule has 0 bridgehead atoms. The molecule has 0 radical (unpaired) electrons. The summed E-state index contributed by atoms with van der Waals surface area (Å²) < 4.78 is 5.77.